The van der Waals surface area contributed by atoms with Crippen molar-refractivity contribution in [3.63, 3.8) is 0 Å². The molecule has 0 fully saturated rings. The number of halogens is 5. The second kappa shape index (κ2) is 11.3. The van der Waals surface area contributed by atoms with Crippen molar-refractivity contribution in [3.05, 3.63) is 79.8 Å². The molecule has 0 unspecified atom stereocenters. The number of rotatable bonds is 8. The molecule has 212 valence electrons. The van der Waals surface area contributed by atoms with E-state index in [1.807, 2.05) is 0 Å². The van der Waals surface area contributed by atoms with Gasteiger partial charge in [0.25, 0.3) is 11.5 Å². The molecule has 15 heteroatoms. The fourth-order valence-electron chi connectivity index (χ4n) is 4.28. The zero-order valence-corrected chi connectivity index (χ0v) is 24.1. The van der Waals surface area contributed by atoms with Crippen molar-refractivity contribution in [3.8, 4) is 22.3 Å². The molecule has 2 aliphatic rings. The van der Waals surface area contributed by atoms with E-state index in [0.717, 1.165) is 0 Å². The summed E-state index contributed by atoms with van der Waals surface area (Å²) in [5, 5.41) is 2.23. The summed E-state index contributed by atoms with van der Waals surface area (Å²) in [5.41, 5.74) is -4.77. The second-order valence-electron chi connectivity index (χ2n) is 8.44. The fraction of sp³-hybridized carbons (Fsp3) is 0.240. The largest absolute Gasteiger partial charge is 0.516 e. The second-order valence-corrected chi connectivity index (χ2v) is 11.3. The highest BCUT2D eigenvalue weighted by atomic mass is 79.9. The van der Waals surface area contributed by atoms with Gasteiger partial charge in [-0.25, -0.2) is 0 Å². The molecule has 0 spiro atoms. The van der Waals surface area contributed by atoms with Crippen LogP contribution in [0.4, 0.5) is 18.9 Å². The number of hydrogen-bond donors (Lipinski definition) is 2. The van der Waals surface area contributed by atoms with E-state index in [9.17, 15) is 31.2 Å². The number of benzene rings is 1. The topological polar surface area (TPSA) is 123 Å². The summed E-state index contributed by atoms with van der Waals surface area (Å²) in [6.45, 7) is 3.56. The molecule has 1 aliphatic carbocycles. The van der Waals surface area contributed by atoms with Gasteiger partial charge in [-0.05, 0) is 46.1 Å². The first-order chi connectivity index (χ1) is 18.8. The van der Waals surface area contributed by atoms with Gasteiger partial charge in [0.2, 0.25) is 0 Å². The number of anilines is 1. The van der Waals surface area contributed by atoms with Gasteiger partial charge in [-0.15, -0.1) is 0 Å². The third kappa shape index (κ3) is 5.34. The van der Waals surface area contributed by atoms with E-state index in [2.05, 4.69) is 26.2 Å². The third-order valence-corrected chi connectivity index (χ3v) is 8.27. The van der Waals surface area contributed by atoms with Crippen molar-refractivity contribution >= 4 is 49.1 Å². The Kier molecular flexibility index (Phi) is 8.33. The quantitative estimate of drug-likeness (QED) is 0.252. The number of alkyl halides is 3. The first-order valence-electron chi connectivity index (χ1n) is 11.7. The molecule has 0 radical (unpaired) electrons. The van der Waals surface area contributed by atoms with E-state index in [-0.39, 0.29) is 42.3 Å². The van der Waals surface area contributed by atoms with E-state index >= 15 is 0 Å². The molecule has 1 amide bonds. The molecule has 1 aliphatic heterocycles. The van der Waals surface area contributed by atoms with E-state index in [1.54, 1.807) is 24.6 Å². The smallest absolute Gasteiger partial charge is 0.472 e. The van der Waals surface area contributed by atoms with Crippen molar-refractivity contribution in [2.75, 3.05) is 11.3 Å². The van der Waals surface area contributed by atoms with Gasteiger partial charge in [0.05, 0.1) is 24.8 Å². The van der Waals surface area contributed by atoms with Crippen molar-refractivity contribution < 1.29 is 30.8 Å². The molecule has 0 saturated carbocycles. The molecule has 40 heavy (non-hydrogen) atoms. The SMILES string of the molecule is CCNC(=O)c1c(Cl)c(=O)nc(CC)n1Cc1c2ccocc-2c(Br)c1-c1ccccc1NS(=O)(=O)C(F)(F)F. The number of aryl methyl sites for hydroxylation is 1. The van der Waals surface area contributed by atoms with Crippen molar-refractivity contribution in [2.24, 2.45) is 0 Å². The number of sulfonamides is 1. The molecular weight excluding hydrogens is 641 g/mol. The zero-order valence-electron chi connectivity index (χ0n) is 20.9. The van der Waals surface area contributed by atoms with Crippen LogP contribution in [0, 0.1) is 0 Å². The van der Waals surface area contributed by atoms with Crippen LogP contribution in [0.25, 0.3) is 22.3 Å². The lowest BCUT2D eigenvalue weighted by atomic mass is 10.0. The number of carbonyl (C=O) groups excluding carboxylic acids is 1. The van der Waals surface area contributed by atoms with Gasteiger partial charge in [0.15, 0.2) is 0 Å². The van der Waals surface area contributed by atoms with E-state index in [0.29, 0.717) is 26.7 Å². The standard InChI is InChI=1S/C25H21BrClF3N4O5S/c1-3-18-32-23(35)21(27)22(24(36)31-4-2)34(18)11-15-13-9-10-39-12-16(13)20(26)19(15)14-7-5-6-8-17(14)33-40(37,38)25(28,29)30/h5-10,12,33H,3-4,11H2,1-2H3,(H,31,36). The summed E-state index contributed by atoms with van der Waals surface area (Å²) in [6.07, 6.45) is 3.05. The van der Waals surface area contributed by atoms with Crippen LogP contribution in [0.2, 0.25) is 5.02 Å². The van der Waals surface area contributed by atoms with Gasteiger partial charge in [0.1, 0.15) is 16.5 Å². The van der Waals surface area contributed by atoms with Crippen molar-refractivity contribution in [1.29, 1.82) is 0 Å². The van der Waals surface area contributed by atoms with Crippen molar-refractivity contribution in [2.45, 2.75) is 32.3 Å². The first-order valence-corrected chi connectivity index (χ1v) is 14.4. The minimum atomic E-state index is -5.75. The lowest BCUT2D eigenvalue weighted by Gasteiger charge is -2.20. The number of aromatic nitrogens is 2. The fourth-order valence-corrected chi connectivity index (χ4v) is 5.85. The Hall–Kier alpha value is -3.36. The van der Waals surface area contributed by atoms with Crippen LogP contribution >= 0.6 is 27.5 Å². The van der Waals surface area contributed by atoms with Gasteiger partial charge < -0.3 is 14.3 Å². The van der Waals surface area contributed by atoms with Crippen LogP contribution in [-0.2, 0) is 23.0 Å². The zero-order chi connectivity index (χ0) is 29.4. The minimum Gasteiger partial charge on any atom is -0.472 e. The molecule has 9 nitrogen and oxygen atoms in total. The predicted molar refractivity (Wildman–Crippen MR) is 147 cm³/mol. The first kappa shape index (κ1) is 29.6. The number of nitrogens with one attached hydrogen (secondary N) is 2. The summed E-state index contributed by atoms with van der Waals surface area (Å²) >= 11 is 9.78. The molecule has 4 rings (SSSR count). The molecule has 2 aromatic rings. The Balaban J connectivity index is 2.02. The molecule has 1 aromatic carbocycles. The van der Waals surface area contributed by atoms with Gasteiger partial charge in [-0.3, -0.25) is 14.3 Å². The highest BCUT2D eigenvalue weighted by Gasteiger charge is 2.46. The Morgan fingerprint density at radius 3 is 2.50 bits per heavy atom. The number of carbonyl (C=O) groups is 1. The minimum absolute atomic E-state index is 0.107. The van der Waals surface area contributed by atoms with E-state index in [4.69, 9.17) is 16.0 Å². The number of nitrogens with zero attached hydrogens (tertiary/aromatic N) is 2. The van der Waals surface area contributed by atoms with Gasteiger partial charge >= 0.3 is 15.5 Å². The van der Waals surface area contributed by atoms with Crippen LogP contribution < -0.4 is 15.6 Å². The third-order valence-electron chi connectivity index (χ3n) is 6.01. The van der Waals surface area contributed by atoms with Gasteiger partial charge in [-0.1, -0.05) is 36.7 Å². The maximum Gasteiger partial charge on any atom is 0.516 e. The highest BCUT2D eigenvalue weighted by Crippen LogP contribution is 2.48. The summed E-state index contributed by atoms with van der Waals surface area (Å²) in [6, 6.07) is 7.20. The van der Waals surface area contributed by atoms with Crippen LogP contribution in [0.1, 0.15) is 35.7 Å². The van der Waals surface area contributed by atoms with Crippen LogP contribution in [0.15, 0.2) is 56.5 Å². The number of fused-ring (bicyclic) bond motifs is 1. The molecule has 0 saturated heterocycles. The lowest BCUT2D eigenvalue weighted by molar-refractivity contribution is -0.0429. The number of para-hydroxylation sites is 1. The highest BCUT2D eigenvalue weighted by molar-refractivity contribution is 9.10. The van der Waals surface area contributed by atoms with Gasteiger partial charge in [-0.2, -0.15) is 26.6 Å². The van der Waals surface area contributed by atoms with Crippen molar-refractivity contribution in [1.82, 2.24) is 14.9 Å². The van der Waals surface area contributed by atoms with Gasteiger partial charge in [0, 0.05) is 34.1 Å². The molecule has 2 heterocycles. The van der Waals surface area contributed by atoms with Crippen LogP contribution in [-0.4, -0.2) is 35.9 Å². The van der Waals surface area contributed by atoms with E-state index in [1.165, 1.54) is 41.4 Å². The number of hydrogen-bond acceptors (Lipinski definition) is 6. The average Bonchev–Trinajstić information content (AvgIpc) is 3.17. The lowest BCUT2D eigenvalue weighted by Crippen LogP contribution is -2.32. The van der Waals surface area contributed by atoms with E-state index < -0.39 is 32.0 Å². The number of amides is 1. The summed E-state index contributed by atoms with van der Waals surface area (Å²) in [4.78, 5) is 29.5. The maximum atomic E-state index is 13.2. The molecule has 0 bridgehead atoms. The Morgan fingerprint density at radius 1 is 1.15 bits per heavy atom. The molecule has 1 aromatic heterocycles. The summed E-state index contributed by atoms with van der Waals surface area (Å²) < 4.78 is 72.6. The maximum absolute atomic E-state index is 13.2. The molecular formula is C25H21BrClF3N4O5S. The summed E-state index contributed by atoms with van der Waals surface area (Å²) in [7, 11) is -5.75. The molecule has 0 atom stereocenters. The summed E-state index contributed by atoms with van der Waals surface area (Å²) in [5.74, 6) is -0.384. The normalized spacial score (nSPS) is 12.1. The monoisotopic (exact) mass is 660 g/mol. The Bertz CT molecular complexity index is 1740. The Labute approximate surface area is 239 Å². The Morgan fingerprint density at radius 2 is 1.85 bits per heavy atom. The van der Waals surface area contributed by atoms with Crippen LogP contribution in [0.5, 0.6) is 0 Å². The van der Waals surface area contributed by atoms with Crippen LogP contribution in [0.3, 0.4) is 0 Å². The predicted octanol–water partition coefficient (Wildman–Crippen LogP) is 5.65. The molecule has 2 N–H and O–H groups in total. The average molecular weight is 662 g/mol.